The predicted molar refractivity (Wildman–Crippen MR) is 109 cm³/mol. The van der Waals surface area contributed by atoms with Crippen molar-refractivity contribution in [3.8, 4) is 5.75 Å². The molecule has 0 radical (unpaired) electrons. The van der Waals surface area contributed by atoms with Crippen LogP contribution in [-0.2, 0) is 13.0 Å². The molecule has 2 rings (SSSR count). The van der Waals surface area contributed by atoms with Crippen LogP contribution in [0.1, 0.15) is 16.8 Å². The molecule has 0 saturated carbocycles. The number of rotatable bonds is 6. The molecule has 1 aromatic heterocycles. The van der Waals surface area contributed by atoms with E-state index >= 15 is 0 Å². The standard InChI is InChI=1S/C18H24N4O.HI/c1-14-5-4-11-20-17(14)13-22-18(19-2)21-12-10-15-6-8-16(23-3)9-7-15;/h4-9,11H,10,12-13H2,1-3H3,(H2,19,21,22);1H. The van der Waals surface area contributed by atoms with Crippen molar-refractivity contribution in [1.82, 2.24) is 15.6 Å². The highest BCUT2D eigenvalue weighted by molar-refractivity contribution is 14.0. The van der Waals surface area contributed by atoms with Gasteiger partial charge in [-0.2, -0.15) is 0 Å². The van der Waals surface area contributed by atoms with Gasteiger partial charge in [-0.25, -0.2) is 0 Å². The fourth-order valence-corrected chi connectivity index (χ4v) is 2.21. The lowest BCUT2D eigenvalue weighted by molar-refractivity contribution is 0.414. The van der Waals surface area contributed by atoms with Crippen molar-refractivity contribution in [2.75, 3.05) is 20.7 Å². The molecule has 0 aliphatic carbocycles. The highest BCUT2D eigenvalue weighted by atomic mass is 127. The topological polar surface area (TPSA) is 58.5 Å². The highest BCUT2D eigenvalue weighted by Gasteiger charge is 2.02. The predicted octanol–water partition coefficient (Wildman–Crippen LogP) is 2.92. The average molecular weight is 440 g/mol. The molecule has 0 fully saturated rings. The molecule has 2 aromatic rings. The highest BCUT2D eigenvalue weighted by Crippen LogP contribution is 2.11. The molecular formula is C18H25IN4O. The van der Waals surface area contributed by atoms with Crippen molar-refractivity contribution < 1.29 is 4.74 Å². The molecule has 0 amide bonds. The van der Waals surface area contributed by atoms with Gasteiger partial charge in [0.25, 0.3) is 0 Å². The molecule has 0 spiro atoms. The Hall–Kier alpha value is -1.83. The number of hydrogen-bond acceptors (Lipinski definition) is 3. The Bertz CT molecular complexity index is 644. The number of guanidine groups is 1. The van der Waals surface area contributed by atoms with Gasteiger partial charge in [0, 0.05) is 19.8 Å². The Balaban J connectivity index is 0.00000288. The van der Waals surface area contributed by atoms with Gasteiger partial charge in [0.05, 0.1) is 19.3 Å². The summed E-state index contributed by atoms with van der Waals surface area (Å²) >= 11 is 0. The van der Waals surface area contributed by atoms with Gasteiger partial charge < -0.3 is 15.4 Å². The zero-order valence-corrected chi connectivity index (χ0v) is 16.7. The minimum absolute atomic E-state index is 0. The van der Waals surface area contributed by atoms with E-state index in [0.717, 1.165) is 30.4 Å². The SMILES string of the molecule is CN=C(NCCc1ccc(OC)cc1)NCc1ncccc1C.I. The van der Waals surface area contributed by atoms with Crippen molar-refractivity contribution in [2.45, 2.75) is 19.9 Å². The molecule has 1 aromatic carbocycles. The molecule has 0 saturated heterocycles. The van der Waals surface area contributed by atoms with Gasteiger partial charge in [0.2, 0.25) is 0 Å². The maximum atomic E-state index is 5.16. The Kier molecular flexibility index (Phi) is 9.14. The first kappa shape index (κ1) is 20.2. The third-order valence-electron chi connectivity index (χ3n) is 3.63. The summed E-state index contributed by atoms with van der Waals surface area (Å²) in [5, 5.41) is 6.60. The lowest BCUT2D eigenvalue weighted by Gasteiger charge is -2.12. The number of benzene rings is 1. The summed E-state index contributed by atoms with van der Waals surface area (Å²) in [6, 6.07) is 12.1. The van der Waals surface area contributed by atoms with E-state index in [1.165, 1.54) is 11.1 Å². The van der Waals surface area contributed by atoms with Gasteiger partial charge >= 0.3 is 0 Å². The third-order valence-corrected chi connectivity index (χ3v) is 3.63. The van der Waals surface area contributed by atoms with Crippen molar-refractivity contribution in [3.05, 3.63) is 59.4 Å². The normalized spacial score (nSPS) is 10.7. The van der Waals surface area contributed by atoms with Crippen molar-refractivity contribution >= 4 is 29.9 Å². The molecule has 130 valence electrons. The first-order valence-electron chi connectivity index (χ1n) is 7.71. The number of nitrogens with zero attached hydrogens (tertiary/aromatic N) is 2. The van der Waals surface area contributed by atoms with Crippen LogP contribution in [0.25, 0.3) is 0 Å². The second-order valence-electron chi connectivity index (χ2n) is 5.22. The van der Waals surface area contributed by atoms with E-state index in [-0.39, 0.29) is 24.0 Å². The maximum absolute atomic E-state index is 5.16. The van der Waals surface area contributed by atoms with Crippen molar-refractivity contribution in [1.29, 1.82) is 0 Å². The lowest BCUT2D eigenvalue weighted by atomic mass is 10.1. The summed E-state index contributed by atoms with van der Waals surface area (Å²) in [6.07, 6.45) is 2.73. The molecule has 5 nitrogen and oxygen atoms in total. The number of halogens is 1. The van der Waals surface area contributed by atoms with Crippen LogP contribution >= 0.6 is 24.0 Å². The lowest BCUT2D eigenvalue weighted by Crippen LogP contribution is -2.38. The molecule has 1 heterocycles. The second kappa shape index (κ2) is 10.9. The first-order chi connectivity index (χ1) is 11.2. The van der Waals surface area contributed by atoms with E-state index in [9.17, 15) is 0 Å². The van der Waals surface area contributed by atoms with Gasteiger partial charge in [-0.1, -0.05) is 18.2 Å². The molecule has 0 unspecified atom stereocenters. The monoisotopic (exact) mass is 440 g/mol. The number of methoxy groups -OCH3 is 1. The molecule has 0 aliphatic heterocycles. The molecular weight excluding hydrogens is 415 g/mol. The summed E-state index contributed by atoms with van der Waals surface area (Å²) in [4.78, 5) is 8.61. The van der Waals surface area contributed by atoms with Gasteiger partial charge in [0.15, 0.2) is 5.96 Å². The Labute approximate surface area is 161 Å². The van der Waals surface area contributed by atoms with Crippen LogP contribution in [0.5, 0.6) is 5.75 Å². The molecule has 2 N–H and O–H groups in total. The number of nitrogens with one attached hydrogen (secondary N) is 2. The number of pyridine rings is 1. The third kappa shape index (κ3) is 6.35. The van der Waals surface area contributed by atoms with Gasteiger partial charge in [0.1, 0.15) is 5.75 Å². The van der Waals surface area contributed by atoms with Crippen molar-refractivity contribution in [2.24, 2.45) is 4.99 Å². The largest absolute Gasteiger partial charge is 0.497 e. The van der Waals surface area contributed by atoms with Crippen LogP contribution in [0.2, 0.25) is 0 Å². The number of aryl methyl sites for hydroxylation is 1. The average Bonchev–Trinajstić information content (AvgIpc) is 2.59. The zero-order valence-electron chi connectivity index (χ0n) is 14.4. The van der Waals surface area contributed by atoms with Crippen LogP contribution in [0, 0.1) is 6.92 Å². The smallest absolute Gasteiger partial charge is 0.191 e. The van der Waals surface area contributed by atoms with Crippen LogP contribution < -0.4 is 15.4 Å². The summed E-state index contributed by atoms with van der Waals surface area (Å²) in [6.45, 7) is 3.53. The van der Waals surface area contributed by atoms with E-state index in [2.05, 4.69) is 45.7 Å². The maximum Gasteiger partial charge on any atom is 0.191 e. The summed E-state index contributed by atoms with van der Waals surface area (Å²) in [7, 11) is 3.45. The van der Waals surface area contributed by atoms with Gasteiger partial charge in [-0.05, 0) is 42.7 Å². The molecule has 0 atom stereocenters. The molecule has 0 bridgehead atoms. The Morgan fingerprint density at radius 1 is 1.17 bits per heavy atom. The quantitative estimate of drug-likeness (QED) is 0.412. The molecule has 24 heavy (non-hydrogen) atoms. The number of ether oxygens (including phenoxy) is 1. The zero-order chi connectivity index (χ0) is 16.5. The fourth-order valence-electron chi connectivity index (χ4n) is 2.21. The van der Waals surface area contributed by atoms with Gasteiger partial charge in [-0.3, -0.25) is 9.98 Å². The Morgan fingerprint density at radius 3 is 2.54 bits per heavy atom. The van der Waals surface area contributed by atoms with E-state index in [1.807, 2.05) is 24.4 Å². The summed E-state index contributed by atoms with van der Waals surface area (Å²) in [5.74, 6) is 1.66. The van der Waals surface area contributed by atoms with Gasteiger partial charge in [-0.15, -0.1) is 24.0 Å². The minimum atomic E-state index is 0. The second-order valence-corrected chi connectivity index (χ2v) is 5.22. The number of aliphatic imine (C=N–C) groups is 1. The van der Waals surface area contributed by atoms with Crippen molar-refractivity contribution in [3.63, 3.8) is 0 Å². The van der Waals surface area contributed by atoms with E-state index in [4.69, 9.17) is 4.74 Å². The molecule has 0 aliphatic rings. The van der Waals surface area contributed by atoms with Crippen LogP contribution in [0.4, 0.5) is 0 Å². The fraction of sp³-hybridized carbons (Fsp3) is 0.333. The van der Waals surface area contributed by atoms with Crippen LogP contribution in [0.15, 0.2) is 47.6 Å². The summed E-state index contributed by atoms with van der Waals surface area (Å²) < 4.78 is 5.16. The first-order valence-corrected chi connectivity index (χ1v) is 7.71. The van der Waals surface area contributed by atoms with E-state index in [0.29, 0.717) is 6.54 Å². The Morgan fingerprint density at radius 2 is 1.92 bits per heavy atom. The van der Waals surface area contributed by atoms with Crippen LogP contribution in [-0.4, -0.2) is 31.6 Å². The number of aromatic nitrogens is 1. The van der Waals surface area contributed by atoms with E-state index < -0.39 is 0 Å². The minimum Gasteiger partial charge on any atom is -0.497 e. The van der Waals surface area contributed by atoms with E-state index in [1.54, 1.807) is 14.2 Å². The summed E-state index contributed by atoms with van der Waals surface area (Å²) in [5.41, 5.74) is 3.47. The van der Waals surface area contributed by atoms with Crippen LogP contribution in [0.3, 0.4) is 0 Å². The number of hydrogen-bond donors (Lipinski definition) is 2. The molecule has 6 heteroatoms.